The number of likely N-dealkylation sites (tertiary alicyclic amines) is 1. The average Bonchev–Trinajstić information content (AvgIpc) is 3.03. The van der Waals surface area contributed by atoms with E-state index in [1.807, 2.05) is 0 Å². The Kier molecular flexibility index (Phi) is 5.05. The highest BCUT2D eigenvalue weighted by Gasteiger charge is 2.29. The Bertz CT molecular complexity index is 313. The zero-order chi connectivity index (χ0) is 13.7. The normalized spacial score (nSPS) is 32.9. The Morgan fingerprint density at radius 1 is 1.53 bits per heavy atom. The van der Waals surface area contributed by atoms with E-state index < -0.39 is 0 Å². The lowest BCUT2D eigenvalue weighted by molar-refractivity contribution is 0.0284. The zero-order valence-electron chi connectivity index (χ0n) is 12.3. The summed E-state index contributed by atoms with van der Waals surface area (Å²) in [5.74, 6) is 0.555. The number of aliphatic imine (C=N–C) groups is 1. The molecule has 110 valence electrons. The smallest absolute Gasteiger partial charge is 0.188 e. The maximum Gasteiger partial charge on any atom is 0.188 e. The summed E-state index contributed by atoms with van der Waals surface area (Å²) in [7, 11) is 0. The molecule has 2 fully saturated rings. The molecule has 0 spiro atoms. The van der Waals surface area contributed by atoms with Crippen LogP contribution in [-0.2, 0) is 4.74 Å². The number of ether oxygens (including phenoxy) is 1. The largest absolute Gasteiger partial charge is 0.373 e. The summed E-state index contributed by atoms with van der Waals surface area (Å²) >= 11 is 0. The van der Waals surface area contributed by atoms with Gasteiger partial charge in [-0.1, -0.05) is 6.92 Å². The summed E-state index contributed by atoms with van der Waals surface area (Å²) in [4.78, 5) is 6.93. The first-order valence-corrected chi connectivity index (χ1v) is 7.55. The molecular weight excluding hydrogens is 240 g/mol. The van der Waals surface area contributed by atoms with E-state index in [1.54, 1.807) is 0 Å². The lowest BCUT2D eigenvalue weighted by Gasteiger charge is -2.24. The quantitative estimate of drug-likeness (QED) is 0.575. The van der Waals surface area contributed by atoms with Gasteiger partial charge in [0.05, 0.1) is 12.1 Å². The van der Waals surface area contributed by atoms with E-state index in [0.29, 0.717) is 18.5 Å². The van der Waals surface area contributed by atoms with Crippen molar-refractivity contribution in [3.05, 3.63) is 0 Å². The Labute approximate surface area is 116 Å². The van der Waals surface area contributed by atoms with Gasteiger partial charge in [-0.3, -0.25) is 9.89 Å². The molecule has 0 aliphatic carbocycles. The Hall–Kier alpha value is -0.810. The van der Waals surface area contributed by atoms with E-state index >= 15 is 0 Å². The van der Waals surface area contributed by atoms with Crippen LogP contribution < -0.4 is 11.1 Å². The molecule has 2 saturated heterocycles. The van der Waals surface area contributed by atoms with Gasteiger partial charge in [0, 0.05) is 19.2 Å². The third kappa shape index (κ3) is 4.08. The van der Waals surface area contributed by atoms with Gasteiger partial charge in [-0.15, -0.1) is 0 Å². The van der Waals surface area contributed by atoms with E-state index in [0.717, 1.165) is 32.5 Å². The highest BCUT2D eigenvalue weighted by Crippen LogP contribution is 2.24. The van der Waals surface area contributed by atoms with E-state index in [2.05, 4.69) is 29.1 Å². The molecule has 0 saturated carbocycles. The molecule has 2 aliphatic heterocycles. The van der Waals surface area contributed by atoms with Crippen LogP contribution >= 0.6 is 0 Å². The van der Waals surface area contributed by atoms with Crippen molar-refractivity contribution in [1.29, 1.82) is 0 Å². The lowest BCUT2D eigenvalue weighted by atomic mass is 10.0. The zero-order valence-corrected chi connectivity index (χ0v) is 12.3. The fourth-order valence-corrected chi connectivity index (χ4v) is 3.03. The minimum atomic E-state index is -0.102. The van der Waals surface area contributed by atoms with Crippen LogP contribution in [-0.4, -0.2) is 55.3 Å². The Balaban J connectivity index is 1.72. The summed E-state index contributed by atoms with van der Waals surface area (Å²) in [6.07, 6.45) is 4.76. The van der Waals surface area contributed by atoms with Gasteiger partial charge in [0.1, 0.15) is 0 Å². The van der Waals surface area contributed by atoms with E-state index in [-0.39, 0.29) is 5.60 Å². The van der Waals surface area contributed by atoms with Gasteiger partial charge in [-0.2, -0.15) is 0 Å². The van der Waals surface area contributed by atoms with Gasteiger partial charge in [0.25, 0.3) is 0 Å². The summed E-state index contributed by atoms with van der Waals surface area (Å²) < 4.78 is 5.70. The fraction of sp³-hybridized carbons (Fsp3) is 0.929. The van der Waals surface area contributed by atoms with Gasteiger partial charge in [0.15, 0.2) is 5.96 Å². The highest BCUT2D eigenvalue weighted by atomic mass is 16.5. The lowest BCUT2D eigenvalue weighted by Crippen LogP contribution is -2.43. The van der Waals surface area contributed by atoms with E-state index in [4.69, 9.17) is 10.5 Å². The topological polar surface area (TPSA) is 62.9 Å². The van der Waals surface area contributed by atoms with Gasteiger partial charge in [0.2, 0.25) is 0 Å². The van der Waals surface area contributed by atoms with E-state index in [9.17, 15) is 0 Å². The van der Waals surface area contributed by atoms with Crippen molar-refractivity contribution in [2.75, 3.05) is 32.8 Å². The highest BCUT2D eigenvalue weighted by molar-refractivity contribution is 5.77. The molecule has 5 heteroatoms. The third-order valence-corrected chi connectivity index (χ3v) is 4.31. The van der Waals surface area contributed by atoms with Gasteiger partial charge in [-0.25, -0.2) is 0 Å². The van der Waals surface area contributed by atoms with Crippen molar-refractivity contribution >= 4 is 5.96 Å². The second-order valence-corrected chi connectivity index (χ2v) is 5.91. The number of nitrogens with zero attached hydrogens (tertiary/aromatic N) is 2. The Morgan fingerprint density at radius 2 is 2.37 bits per heavy atom. The second kappa shape index (κ2) is 6.57. The predicted molar refractivity (Wildman–Crippen MR) is 78.4 cm³/mol. The number of hydrogen-bond acceptors (Lipinski definition) is 3. The van der Waals surface area contributed by atoms with Crippen LogP contribution in [0.5, 0.6) is 0 Å². The molecule has 5 nitrogen and oxygen atoms in total. The minimum absolute atomic E-state index is 0.102. The summed E-state index contributed by atoms with van der Waals surface area (Å²) in [5.41, 5.74) is 5.84. The number of nitrogens with two attached hydrogens (primary N) is 1. The first-order chi connectivity index (χ1) is 9.13. The molecular formula is C14H28N4O. The summed E-state index contributed by atoms with van der Waals surface area (Å²) in [5, 5.41) is 3.26. The molecule has 0 aromatic rings. The standard InChI is InChI=1S/C14H28N4O/c1-3-18-8-4-6-12(18)10-16-13(15)17-11-14(2)7-5-9-19-14/h12H,3-11H2,1-2H3,(H3,15,16,17). The minimum Gasteiger partial charge on any atom is -0.373 e. The summed E-state index contributed by atoms with van der Waals surface area (Å²) in [6.45, 7) is 9.09. The SMILES string of the molecule is CCN1CCCC1CNC(N)=NCC1(C)CCCO1. The van der Waals surface area contributed by atoms with Crippen molar-refractivity contribution in [3.8, 4) is 0 Å². The van der Waals surface area contributed by atoms with Crippen molar-refractivity contribution in [3.63, 3.8) is 0 Å². The van der Waals surface area contributed by atoms with Crippen LogP contribution in [0.25, 0.3) is 0 Å². The van der Waals surface area contributed by atoms with Crippen molar-refractivity contribution in [2.24, 2.45) is 10.7 Å². The average molecular weight is 268 g/mol. The van der Waals surface area contributed by atoms with E-state index in [1.165, 1.54) is 19.4 Å². The third-order valence-electron chi connectivity index (χ3n) is 4.31. The first-order valence-electron chi connectivity index (χ1n) is 7.55. The molecule has 2 atom stereocenters. The molecule has 3 N–H and O–H groups in total. The molecule has 2 aliphatic rings. The molecule has 2 unspecified atom stereocenters. The molecule has 0 bridgehead atoms. The number of guanidine groups is 1. The summed E-state index contributed by atoms with van der Waals surface area (Å²) in [6, 6.07) is 0.608. The molecule has 0 aromatic heterocycles. The molecule has 0 radical (unpaired) electrons. The predicted octanol–water partition coefficient (Wildman–Crippen LogP) is 0.944. The molecule has 0 amide bonds. The number of hydrogen-bond donors (Lipinski definition) is 2. The maximum absolute atomic E-state index is 5.94. The number of rotatable bonds is 5. The van der Waals surface area contributed by atoms with Crippen molar-refractivity contribution in [1.82, 2.24) is 10.2 Å². The van der Waals surface area contributed by atoms with Crippen molar-refractivity contribution < 1.29 is 4.74 Å². The number of likely N-dealkylation sites (N-methyl/N-ethyl adjacent to an activating group) is 1. The van der Waals surface area contributed by atoms with Crippen LogP contribution in [0, 0.1) is 0 Å². The van der Waals surface area contributed by atoms with Gasteiger partial charge in [-0.05, 0) is 45.7 Å². The van der Waals surface area contributed by atoms with Crippen LogP contribution in [0.15, 0.2) is 4.99 Å². The fourth-order valence-electron chi connectivity index (χ4n) is 3.03. The monoisotopic (exact) mass is 268 g/mol. The first kappa shape index (κ1) is 14.6. The molecule has 2 rings (SSSR count). The maximum atomic E-state index is 5.94. The molecule has 0 aromatic carbocycles. The van der Waals surface area contributed by atoms with Gasteiger partial charge >= 0.3 is 0 Å². The van der Waals surface area contributed by atoms with Crippen LogP contribution in [0.2, 0.25) is 0 Å². The Morgan fingerprint density at radius 3 is 3.05 bits per heavy atom. The van der Waals surface area contributed by atoms with Gasteiger partial charge < -0.3 is 15.8 Å². The molecule has 19 heavy (non-hydrogen) atoms. The van der Waals surface area contributed by atoms with Crippen molar-refractivity contribution in [2.45, 2.75) is 51.2 Å². The van der Waals surface area contributed by atoms with Crippen LogP contribution in [0.3, 0.4) is 0 Å². The van der Waals surface area contributed by atoms with Crippen LogP contribution in [0.1, 0.15) is 39.5 Å². The second-order valence-electron chi connectivity index (χ2n) is 5.91. The molecule has 2 heterocycles. The number of nitrogens with one attached hydrogen (secondary N) is 1. The van der Waals surface area contributed by atoms with Crippen LogP contribution in [0.4, 0.5) is 0 Å².